The Kier molecular flexibility index (Phi) is 4.70. The van der Waals surface area contributed by atoms with Crippen molar-refractivity contribution in [1.82, 2.24) is 4.90 Å². The third kappa shape index (κ3) is 3.80. The van der Waals surface area contributed by atoms with Crippen LogP contribution in [-0.2, 0) is 6.54 Å². The van der Waals surface area contributed by atoms with Crippen LogP contribution in [0.2, 0.25) is 0 Å². The van der Waals surface area contributed by atoms with Crippen LogP contribution >= 0.6 is 11.3 Å². The van der Waals surface area contributed by atoms with Crippen LogP contribution in [0.5, 0.6) is 0 Å². The summed E-state index contributed by atoms with van der Waals surface area (Å²) in [5.41, 5.74) is 8.13. The molecule has 2 N–H and O–H groups in total. The fourth-order valence-electron chi connectivity index (χ4n) is 3.06. The van der Waals surface area contributed by atoms with Crippen molar-refractivity contribution < 1.29 is 0 Å². The van der Waals surface area contributed by atoms with Crippen LogP contribution in [0.4, 0.5) is 0 Å². The summed E-state index contributed by atoms with van der Waals surface area (Å²) in [4.78, 5) is 2.68. The molecule has 0 saturated heterocycles. The Bertz CT molecular complexity index is 376. The lowest BCUT2D eigenvalue weighted by molar-refractivity contribution is 0.0622. The number of rotatable bonds is 6. The molecule has 0 radical (unpaired) electrons. The summed E-state index contributed by atoms with van der Waals surface area (Å²) in [6.07, 6.45) is 3.73. The Morgan fingerprint density at radius 1 is 1.42 bits per heavy atom. The second-order valence-electron chi connectivity index (χ2n) is 6.92. The fourth-order valence-corrected chi connectivity index (χ4v) is 3.72. The predicted octanol–water partition coefficient (Wildman–Crippen LogP) is 3.86. The van der Waals surface area contributed by atoms with E-state index < -0.39 is 0 Å². The number of hydrogen-bond donors (Lipinski definition) is 1. The van der Waals surface area contributed by atoms with E-state index in [-0.39, 0.29) is 11.5 Å². The van der Waals surface area contributed by atoms with Gasteiger partial charge >= 0.3 is 0 Å². The van der Waals surface area contributed by atoms with Gasteiger partial charge in [-0.25, -0.2) is 0 Å². The van der Waals surface area contributed by atoms with Gasteiger partial charge in [0.2, 0.25) is 0 Å². The smallest absolute Gasteiger partial charge is 0.0301 e. The van der Waals surface area contributed by atoms with Gasteiger partial charge in [-0.05, 0) is 47.1 Å². The summed E-state index contributed by atoms with van der Waals surface area (Å²) in [5.74, 6) is 0. The second kappa shape index (κ2) is 5.94. The molecule has 1 aromatic rings. The highest BCUT2D eigenvalue weighted by atomic mass is 32.1. The van der Waals surface area contributed by atoms with E-state index >= 15 is 0 Å². The van der Waals surface area contributed by atoms with E-state index in [0.29, 0.717) is 6.04 Å². The van der Waals surface area contributed by atoms with Gasteiger partial charge in [0.05, 0.1) is 0 Å². The molecular formula is C16H28N2S. The molecule has 1 fully saturated rings. The molecule has 2 nitrogen and oxygen atoms in total. The third-order valence-corrected chi connectivity index (χ3v) is 4.81. The van der Waals surface area contributed by atoms with Crippen molar-refractivity contribution >= 4 is 11.3 Å². The molecule has 108 valence electrons. The molecule has 1 aromatic heterocycles. The molecule has 0 bridgehead atoms. The first kappa shape index (κ1) is 15.0. The molecular weight excluding hydrogens is 252 g/mol. The average Bonchev–Trinajstić information content (AvgIpc) is 3.05. The van der Waals surface area contributed by atoms with E-state index in [4.69, 9.17) is 5.73 Å². The minimum absolute atomic E-state index is 0.230. The van der Waals surface area contributed by atoms with Gasteiger partial charge in [0.1, 0.15) is 0 Å². The van der Waals surface area contributed by atoms with Crippen molar-refractivity contribution in [2.75, 3.05) is 0 Å². The molecule has 0 aliphatic heterocycles. The van der Waals surface area contributed by atoms with Crippen LogP contribution in [-0.4, -0.2) is 23.0 Å². The lowest BCUT2D eigenvalue weighted by atomic mass is 9.80. The summed E-state index contributed by atoms with van der Waals surface area (Å²) in [6.45, 7) is 10.3. The maximum atomic E-state index is 6.46. The van der Waals surface area contributed by atoms with Crippen LogP contribution in [0.15, 0.2) is 16.8 Å². The van der Waals surface area contributed by atoms with Crippen LogP contribution in [0.25, 0.3) is 0 Å². The van der Waals surface area contributed by atoms with E-state index in [1.54, 1.807) is 11.3 Å². The molecule has 2 atom stereocenters. The first-order valence-electron chi connectivity index (χ1n) is 7.46. The zero-order chi connectivity index (χ0) is 14.0. The molecule has 19 heavy (non-hydrogen) atoms. The van der Waals surface area contributed by atoms with Crippen molar-refractivity contribution in [2.24, 2.45) is 11.1 Å². The topological polar surface area (TPSA) is 29.3 Å². The van der Waals surface area contributed by atoms with Crippen molar-refractivity contribution in [2.45, 2.75) is 71.6 Å². The van der Waals surface area contributed by atoms with Crippen LogP contribution in [0.1, 0.15) is 52.5 Å². The van der Waals surface area contributed by atoms with Crippen LogP contribution in [0, 0.1) is 5.41 Å². The summed E-state index contributed by atoms with van der Waals surface area (Å²) in [5, 5.41) is 4.44. The highest BCUT2D eigenvalue weighted by molar-refractivity contribution is 7.07. The Balaban J connectivity index is 2.19. The molecule has 1 aliphatic carbocycles. The minimum Gasteiger partial charge on any atom is -0.326 e. The SMILES string of the molecule is CCC(N)C(N(Cc1ccsc1)C1CC1)C(C)(C)C. The number of nitrogens with two attached hydrogens (primary N) is 1. The van der Waals surface area contributed by atoms with E-state index in [0.717, 1.165) is 19.0 Å². The number of nitrogens with zero attached hydrogens (tertiary/aromatic N) is 1. The quantitative estimate of drug-likeness (QED) is 0.857. The van der Waals surface area contributed by atoms with Gasteiger partial charge in [0.15, 0.2) is 0 Å². The van der Waals surface area contributed by atoms with Gasteiger partial charge < -0.3 is 5.73 Å². The Morgan fingerprint density at radius 2 is 2.11 bits per heavy atom. The minimum atomic E-state index is 0.230. The molecule has 1 aliphatic rings. The molecule has 1 saturated carbocycles. The van der Waals surface area contributed by atoms with E-state index in [9.17, 15) is 0 Å². The van der Waals surface area contributed by atoms with Crippen molar-refractivity contribution in [3.05, 3.63) is 22.4 Å². The summed E-state index contributed by atoms with van der Waals surface area (Å²) >= 11 is 1.79. The average molecular weight is 280 g/mol. The molecule has 3 heteroatoms. The zero-order valence-corrected chi connectivity index (χ0v) is 13.5. The Morgan fingerprint density at radius 3 is 2.53 bits per heavy atom. The van der Waals surface area contributed by atoms with E-state index in [1.807, 2.05) is 0 Å². The lowest BCUT2D eigenvalue weighted by Crippen LogP contribution is -2.55. The second-order valence-corrected chi connectivity index (χ2v) is 7.70. The van der Waals surface area contributed by atoms with Crippen molar-refractivity contribution in [3.63, 3.8) is 0 Å². The van der Waals surface area contributed by atoms with Crippen LogP contribution in [0.3, 0.4) is 0 Å². The fraction of sp³-hybridized carbons (Fsp3) is 0.750. The zero-order valence-electron chi connectivity index (χ0n) is 12.7. The van der Waals surface area contributed by atoms with Gasteiger partial charge in [0, 0.05) is 24.7 Å². The predicted molar refractivity (Wildman–Crippen MR) is 84.4 cm³/mol. The summed E-state index contributed by atoms with van der Waals surface area (Å²) in [7, 11) is 0. The number of thiophene rings is 1. The maximum absolute atomic E-state index is 6.46. The van der Waals surface area contributed by atoms with Gasteiger partial charge in [0.25, 0.3) is 0 Å². The van der Waals surface area contributed by atoms with Crippen molar-refractivity contribution in [3.8, 4) is 0 Å². The first-order valence-corrected chi connectivity index (χ1v) is 8.40. The van der Waals surface area contributed by atoms with Gasteiger partial charge in [-0.3, -0.25) is 4.90 Å². The maximum Gasteiger partial charge on any atom is 0.0301 e. The molecule has 2 rings (SSSR count). The molecule has 0 aromatic carbocycles. The van der Waals surface area contributed by atoms with Crippen molar-refractivity contribution in [1.29, 1.82) is 0 Å². The monoisotopic (exact) mass is 280 g/mol. The van der Waals surface area contributed by atoms with Gasteiger partial charge in [-0.15, -0.1) is 0 Å². The normalized spacial score (nSPS) is 19.7. The molecule has 1 heterocycles. The van der Waals surface area contributed by atoms with E-state index in [2.05, 4.69) is 49.4 Å². The van der Waals surface area contributed by atoms with E-state index in [1.165, 1.54) is 18.4 Å². The first-order chi connectivity index (χ1) is 8.93. The van der Waals surface area contributed by atoms with Gasteiger partial charge in [-0.1, -0.05) is 27.7 Å². The standard InChI is InChI=1S/C16H28N2S/c1-5-14(17)15(16(2,3)4)18(13-6-7-13)10-12-8-9-19-11-12/h8-9,11,13-15H,5-7,10,17H2,1-4H3. The highest BCUT2D eigenvalue weighted by Crippen LogP contribution is 2.37. The van der Waals surface area contributed by atoms with Gasteiger partial charge in [-0.2, -0.15) is 11.3 Å². The number of hydrogen-bond acceptors (Lipinski definition) is 3. The lowest BCUT2D eigenvalue weighted by Gasteiger charge is -2.44. The largest absolute Gasteiger partial charge is 0.326 e. The summed E-state index contributed by atoms with van der Waals surface area (Å²) < 4.78 is 0. The Labute approximate surface area is 122 Å². The Hall–Kier alpha value is -0.380. The molecule has 0 spiro atoms. The molecule has 0 amide bonds. The summed E-state index contributed by atoms with van der Waals surface area (Å²) in [6, 6.07) is 3.72. The highest BCUT2D eigenvalue weighted by Gasteiger charge is 2.41. The molecule has 2 unspecified atom stereocenters. The van der Waals surface area contributed by atoms with Crippen LogP contribution < -0.4 is 5.73 Å². The third-order valence-electron chi connectivity index (χ3n) is 4.08.